The van der Waals surface area contributed by atoms with E-state index in [1.807, 2.05) is 0 Å². The number of nitrogen functional groups attached to an aromatic ring is 1. The molecular formula is C12H14F3NO3S. The average Bonchev–Trinajstić information content (AvgIpc) is 2.34. The lowest BCUT2D eigenvalue weighted by atomic mass is 10.2. The normalized spacial score (nSPS) is 11.2. The SMILES string of the molecule is CCOC(=O)c1ccc(N)cc1OCCSC(F)(F)F. The molecule has 112 valence electrons. The van der Waals surface area contributed by atoms with Crippen LogP contribution >= 0.6 is 11.8 Å². The maximum absolute atomic E-state index is 12.0. The van der Waals surface area contributed by atoms with Gasteiger partial charge in [-0.05, 0) is 30.8 Å². The van der Waals surface area contributed by atoms with Gasteiger partial charge in [0.25, 0.3) is 0 Å². The molecule has 0 amide bonds. The van der Waals surface area contributed by atoms with Crippen molar-refractivity contribution in [2.75, 3.05) is 24.7 Å². The minimum atomic E-state index is -4.30. The Hall–Kier alpha value is -1.57. The summed E-state index contributed by atoms with van der Waals surface area (Å²) in [4.78, 5) is 11.6. The lowest BCUT2D eigenvalue weighted by Crippen LogP contribution is -2.11. The number of hydrogen-bond acceptors (Lipinski definition) is 5. The number of ether oxygens (including phenoxy) is 2. The quantitative estimate of drug-likeness (QED) is 0.497. The van der Waals surface area contributed by atoms with Crippen molar-refractivity contribution < 1.29 is 27.4 Å². The van der Waals surface area contributed by atoms with E-state index in [2.05, 4.69) is 0 Å². The Kier molecular flexibility index (Phi) is 6.00. The maximum Gasteiger partial charge on any atom is 0.441 e. The van der Waals surface area contributed by atoms with Crippen molar-refractivity contribution in [1.82, 2.24) is 0 Å². The number of rotatable bonds is 6. The zero-order chi connectivity index (χ0) is 15.2. The van der Waals surface area contributed by atoms with Gasteiger partial charge in [-0.15, -0.1) is 0 Å². The van der Waals surface area contributed by atoms with Gasteiger partial charge in [-0.3, -0.25) is 0 Å². The third-order valence-corrected chi connectivity index (χ3v) is 2.81. The molecule has 1 rings (SSSR count). The van der Waals surface area contributed by atoms with Gasteiger partial charge in [-0.25, -0.2) is 4.79 Å². The zero-order valence-electron chi connectivity index (χ0n) is 10.7. The molecule has 20 heavy (non-hydrogen) atoms. The average molecular weight is 309 g/mol. The van der Waals surface area contributed by atoms with Crippen LogP contribution in [-0.2, 0) is 4.74 Å². The maximum atomic E-state index is 12.0. The number of carbonyl (C=O) groups is 1. The van der Waals surface area contributed by atoms with Gasteiger partial charge in [0, 0.05) is 17.5 Å². The second kappa shape index (κ2) is 7.28. The minimum Gasteiger partial charge on any atom is -0.492 e. The third-order valence-electron chi connectivity index (χ3n) is 2.11. The number of carbonyl (C=O) groups excluding carboxylic acids is 1. The summed E-state index contributed by atoms with van der Waals surface area (Å²) in [6, 6.07) is 4.29. The molecule has 0 heterocycles. The first-order valence-electron chi connectivity index (χ1n) is 5.73. The lowest BCUT2D eigenvalue weighted by Gasteiger charge is -2.12. The van der Waals surface area contributed by atoms with Crippen LogP contribution in [0.4, 0.5) is 18.9 Å². The fourth-order valence-corrected chi connectivity index (χ4v) is 1.74. The van der Waals surface area contributed by atoms with Crippen molar-refractivity contribution in [3.63, 3.8) is 0 Å². The van der Waals surface area contributed by atoms with Gasteiger partial charge < -0.3 is 15.2 Å². The summed E-state index contributed by atoms with van der Waals surface area (Å²) in [7, 11) is 0. The van der Waals surface area contributed by atoms with E-state index in [1.54, 1.807) is 6.92 Å². The molecule has 0 saturated heterocycles. The van der Waals surface area contributed by atoms with E-state index in [4.69, 9.17) is 15.2 Å². The number of hydrogen-bond donors (Lipinski definition) is 1. The van der Waals surface area contributed by atoms with E-state index in [0.29, 0.717) is 5.69 Å². The van der Waals surface area contributed by atoms with Gasteiger partial charge in [0.15, 0.2) is 0 Å². The number of benzene rings is 1. The summed E-state index contributed by atoms with van der Waals surface area (Å²) in [5.41, 5.74) is 1.74. The number of nitrogens with two attached hydrogens (primary N) is 1. The Balaban J connectivity index is 2.68. The van der Waals surface area contributed by atoms with Crippen molar-refractivity contribution in [2.45, 2.75) is 12.4 Å². The van der Waals surface area contributed by atoms with Gasteiger partial charge in [0.2, 0.25) is 0 Å². The van der Waals surface area contributed by atoms with Crippen LogP contribution in [0.25, 0.3) is 0 Å². The van der Waals surface area contributed by atoms with Gasteiger partial charge in [0.1, 0.15) is 11.3 Å². The van der Waals surface area contributed by atoms with Crippen LogP contribution in [0.2, 0.25) is 0 Å². The van der Waals surface area contributed by atoms with Crippen LogP contribution in [0.1, 0.15) is 17.3 Å². The first-order chi connectivity index (χ1) is 9.33. The van der Waals surface area contributed by atoms with Gasteiger partial charge >= 0.3 is 11.5 Å². The second-order valence-corrected chi connectivity index (χ2v) is 4.78. The van der Waals surface area contributed by atoms with Crippen LogP contribution in [-0.4, -0.2) is 30.4 Å². The fourth-order valence-electron chi connectivity index (χ4n) is 1.34. The largest absolute Gasteiger partial charge is 0.492 e. The molecule has 0 atom stereocenters. The molecule has 0 aliphatic heterocycles. The lowest BCUT2D eigenvalue weighted by molar-refractivity contribution is -0.0329. The molecule has 0 saturated carbocycles. The number of alkyl halides is 3. The summed E-state index contributed by atoms with van der Waals surface area (Å²) in [6.07, 6.45) is 0. The number of thioether (sulfide) groups is 1. The Bertz CT molecular complexity index is 466. The number of halogens is 3. The minimum absolute atomic E-state index is 0.117. The fraction of sp³-hybridized carbons (Fsp3) is 0.417. The molecule has 1 aromatic carbocycles. The molecule has 2 N–H and O–H groups in total. The smallest absolute Gasteiger partial charge is 0.441 e. The topological polar surface area (TPSA) is 61.5 Å². The van der Waals surface area contributed by atoms with E-state index in [1.165, 1.54) is 18.2 Å². The van der Waals surface area contributed by atoms with Gasteiger partial charge in [-0.2, -0.15) is 13.2 Å². The summed E-state index contributed by atoms with van der Waals surface area (Å²) in [5, 5.41) is 0. The summed E-state index contributed by atoms with van der Waals surface area (Å²) in [6.45, 7) is 1.64. The Morgan fingerprint density at radius 1 is 1.40 bits per heavy atom. The molecule has 0 aromatic heterocycles. The molecule has 0 unspecified atom stereocenters. The van der Waals surface area contributed by atoms with Crippen molar-refractivity contribution in [2.24, 2.45) is 0 Å². The second-order valence-electron chi connectivity index (χ2n) is 3.62. The van der Waals surface area contributed by atoms with Crippen LogP contribution < -0.4 is 10.5 Å². The predicted octanol–water partition coefficient (Wildman–Crippen LogP) is 3.08. The van der Waals surface area contributed by atoms with E-state index >= 15 is 0 Å². The molecule has 0 aliphatic carbocycles. The highest BCUT2D eigenvalue weighted by Gasteiger charge is 2.27. The van der Waals surface area contributed by atoms with E-state index in [9.17, 15) is 18.0 Å². The predicted molar refractivity (Wildman–Crippen MR) is 70.8 cm³/mol. The molecule has 0 aliphatic rings. The molecule has 1 aromatic rings. The van der Waals surface area contributed by atoms with E-state index in [0.717, 1.165) is 0 Å². The number of esters is 1. The van der Waals surface area contributed by atoms with Crippen LogP contribution in [0.3, 0.4) is 0 Å². The Labute approximate surface area is 118 Å². The molecule has 8 heteroatoms. The van der Waals surface area contributed by atoms with E-state index in [-0.39, 0.29) is 42.0 Å². The van der Waals surface area contributed by atoms with Crippen LogP contribution in [0, 0.1) is 0 Å². The first kappa shape index (κ1) is 16.5. The Morgan fingerprint density at radius 3 is 2.70 bits per heavy atom. The summed E-state index contributed by atoms with van der Waals surface area (Å²) >= 11 is -0.191. The summed E-state index contributed by atoms with van der Waals surface area (Å²) < 4.78 is 45.9. The highest BCUT2D eigenvalue weighted by molar-refractivity contribution is 8.00. The first-order valence-corrected chi connectivity index (χ1v) is 6.72. The third kappa shape index (κ3) is 5.60. The summed E-state index contributed by atoms with van der Waals surface area (Å²) in [5.74, 6) is -0.766. The van der Waals surface area contributed by atoms with Crippen molar-refractivity contribution >= 4 is 23.4 Å². The van der Waals surface area contributed by atoms with E-state index < -0.39 is 11.5 Å². The zero-order valence-corrected chi connectivity index (χ0v) is 11.5. The van der Waals surface area contributed by atoms with Crippen LogP contribution in [0.15, 0.2) is 18.2 Å². The highest BCUT2D eigenvalue weighted by Crippen LogP contribution is 2.30. The molecular weight excluding hydrogens is 295 g/mol. The number of anilines is 1. The van der Waals surface area contributed by atoms with Gasteiger partial charge in [-0.1, -0.05) is 0 Å². The molecule has 0 fully saturated rings. The van der Waals surface area contributed by atoms with Gasteiger partial charge in [0.05, 0.1) is 13.2 Å². The van der Waals surface area contributed by atoms with Crippen molar-refractivity contribution in [3.8, 4) is 5.75 Å². The molecule has 4 nitrogen and oxygen atoms in total. The molecule has 0 bridgehead atoms. The molecule has 0 spiro atoms. The van der Waals surface area contributed by atoms with Crippen molar-refractivity contribution in [1.29, 1.82) is 0 Å². The Morgan fingerprint density at radius 2 is 2.10 bits per heavy atom. The van der Waals surface area contributed by atoms with Crippen LogP contribution in [0.5, 0.6) is 5.75 Å². The highest BCUT2D eigenvalue weighted by atomic mass is 32.2. The van der Waals surface area contributed by atoms with Crippen molar-refractivity contribution in [3.05, 3.63) is 23.8 Å². The molecule has 0 radical (unpaired) electrons. The monoisotopic (exact) mass is 309 g/mol. The standard InChI is InChI=1S/C12H14F3NO3S/c1-2-18-11(17)9-4-3-8(16)7-10(9)19-5-6-20-12(13,14)15/h3-4,7H,2,5-6,16H2,1H3.